The number of fused-ring (bicyclic) bond motifs is 5. The summed E-state index contributed by atoms with van der Waals surface area (Å²) in [6.07, 6.45) is 9.71. The fourth-order valence-corrected chi connectivity index (χ4v) is 6.09. The predicted molar refractivity (Wildman–Crippen MR) is 82.7 cm³/mol. The van der Waals surface area contributed by atoms with Crippen molar-refractivity contribution in [1.82, 2.24) is 0 Å². The third-order valence-corrected chi connectivity index (χ3v) is 7.40. The minimum atomic E-state index is -0.678. The Morgan fingerprint density at radius 1 is 1.14 bits per heavy atom. The summed E-state index contributed by atoms with van der Waals surface area (Å²) in [6, 6.07) is 0. The molecule has 4 rings (SSSR count). The second-order valence-electron chi connectivity index (χ2n) is 8.07. The third kappa shape index (κ3) is 1.72. The number of hydrogen-bond acceptors (Lipinski definition) is 2. The van der Waals surface area contributed by atoms with Crippen molar-refractivity contribution in [3.63, 3.8) is 0 Å². The lowest BCUT2D eigenvalue weighted by Gasteiger charge is -2.56. The number of aliphatic hydroxyl groups is 1. The van der Waals surface area contributed by atoms with Gasteiger partial charge in [0.2, 0.25) is 0 Å². The second kappa shape index (κ2) is 4.32. The molecule has 114 valence electrons. The van der Waals surface area contributed by atoms with E-state index in [1.807, 2.05) is 0 Å². The molecule has 3 unspecified atom stereocenters. The van der Waals surface area contributed by atoms with E-state index in [1.54, 1.807) is 6.08 Å². The van der Waals surface area contributed by atoms with Crippen LogP contribution in [0.4, 0.5) is 0 Å². The van der Waals surface area contributed by atoms with Gasteiger partial charge in [-0.05, 0) is 79.8 Å². The van der Waals surface area contributed by atoms with Crippen LogP contribution in [-0.2, 0) is 4.79 Å². The fourth-order valence-electron chi connectivity index (χ4n) is 6.09. The Labute approximate surface area is 127 Å². The van der Waals surface area contributed by atoms with Crippen LogP contribution < -0.4 is 0 Å². The molecule has 0 aliphatic heterocycles. The molecule has 21 heavy (non-hydrogen) atoms. The Morgan fingerprint density at radius 2 is 1.95 bits per heavy atom. The Balaban J connectivity index is 1.70. The van der Waals surface area contributed by atoms with Crippen LogP contribution in [0.15, 0.2) is 23.8 Å². The highest BCUT2D eigenvalue weighted by Gasteiger charge is 2.58. The molecule has 3 saturated carbocycles. The molecule has 0 aromatic carbocycles. The lowest BCUT2D eigenvalue weighted by atomic mass is 9.50. The van der Waals surface area contributed by atoms with Crippen molar-refractivity contribution in [3.8, 4) is 0 Å². The second-order valence-corrected chi connectivity index (χ2v) is 8.07. The maximum Gasteiger partial charge on any atom is 0.155 e. The van der Waals surface area contributed by atoms with E-state index in [-0.39, 0.29) is 5.78 Å². The minimum absolute atomic E-state index is 0.211. The molecule has 0 radical (unpaired) electrons. The summed E-state index contributed by atoms with van der Waals surface area (Å²) in [5.41, 5.74) is 2.12. The van der Waals surface area contributed by atoms with Gasteiger partial charge in [-0.25, -0.2) is 0 Å². The zero-order chi connectivity index (χ0) is 14.8. The molecule has 2 heteroatoms. The van der Waals surface area contributed by atoms with E-state index >= 15 is 0 Å². The summed E-state index contributed by atoms with van der Waals surface area (Å²) >= 11 is 0. The molecule has 3 fully saturated rings. The summed E-state index contributed by atoms with van der Waals surface area (Å²) < 4.78 is 0. The Hall–Kier alpha value is -0.890. The molecule has 4 aliphatic rings. The normalized spacial score (nSPS) is 49.2. The van der Waals surface area contributed by atoms with E-state index in [9.17, 15) is 9.90 Å². The van der Waals surface area contributed by atoms with Crippen LogP contribution in [0.2, 0.25) is 0 Å². The van der Waals surface area contributed by atoms with E-state index in [2.05, 4.69) is 13.5 Å². The number of carbonyl (C=O) groups is 1. The first-order chi connectivity index (χ1) is 9.95. The zero-order valence-corrected chi connectivity index (χ0v) is 13.0. The van der Waals surface area contributed by atoms with Crippen molar-refractivity contribution < 1.29 is 9.90 Å². The monoisotopic (exact) mass is 286 g/mol. The van der Waals surface area contributed by atoms with E-state index < -0.39 is 5.60 Å². The molecule has 0 bridgehead atoms. The van der Waals surface area contributed by atoms with Crippen LogP contribution in [0.25, 0.3) is 0 Å². The highest BCUT2D eigenvalue weighted by atomic mass is 16.3. The van der Waals surface area contributed by atoms with Gasteiger partial charge in [0.1, 0.15) is 0 Å². The lowest BCUT2D eigenvalue weighted by Crippen LogP contribution is -2.54. The summed E-state index contributed by atoms with van der Waals surface area (Å²) in [5.74, 6) is 1.91. The molecule has 0 aromatic heterocycles. The smallest absolute Gasteiger partial charge is 0.155 e. The van der Waals surface area contributed by atoms with Crippen molar-refractivity contribution in [3.05, 3.63) is 23.8 Å². The van der Waals surface area contributed by atoms with Crippen molar-refractivity contribution in [1.29, 1.82) is 0 Å². The highest BCUT2D eigenvalue weighted by molar-refractivity contribution is 5.92. The van der Waals surface area contributed by atoms with E-state index in [1.165, 1.54) is 24.8 Å². The largest absolute Gasteiger partial charge is 0.385 e. The van der Waals surface area contributed by atoms with Gasteiger partial charge in [-0.2, -0.15) is 0 Å². The van der Waals surface area contributed by atoms with Gasteiger partial charge >= 0.3 is 0 Å². The van der Waals surface area contributed by atoms with Crippen molar-refractivity contribution in [2.45, 2.75) is 63.9 Å². The van der Waals surface area contributed by atoms with Crippen LogP contribution in [0.5, 0.6) is 0 Å². The average Bonchev–Trinajstić information content (AvgIpc) is 2.76. The zero-order valence-electron chi connectivity index (χ0n) is 13.0. The van der Waals surface area contributed by atoms with E-state index in [4.69, 9.17) is 0 Å². The third-order valence-electron chi connectivity index (χ3n) is 7.40. The standard InChI is InChI=1S/C19H26O2/c1-12-3-6-16-15-5-4-13-11-14(20)7-10-19(13,21)17(15)8-9-18(12,16)2/h11,15-17,21H,1,3-10H2,2H3/t15?,16?,17?,18-,19-/m1/s1. The number of hydrogen-bond donors (Lipinski definition) is 1. The molecule has 0 aromatic rings. The Bertz CT molecular complexity index is 546. The maximum atomic E-state index is 11.7. The van der Waals surface area contributed by atoms with Gasteiger partial charge in [0.05, 0.1) is 5.60 Å². The first kappa shape index (κ1) is 13.8. The molecular formula is C19H26O2. The van der Waals surface area contributed by atoms with E-state index in [0.29, 0.717) is 36.0 Å². The van der Waals surface area contributed by atoms with Gasteiger partial charge in [0.25, 0.3) is 0 Å². The quantitative estimate of drug-likeness (QED) is 0.688. The van der Waals surface area contributed by atoms with E-state index in [0.717, 1.165) is 24.8 Å². The first-order valence-corrected chi connectivity index (χ1v) is 8.60. The van der Waals surface area contributed by atoms with Gasteiger partial charge in [0, 0.05) is 6.42 Å². The van der Waals surface area contributed by atoms with Gasteiger partial charge < -0.3 is 5.11 Å². The van der Waals surface area contributed by atoms with Crippen LogP contribution in [0.1, 0.15) is 58.3 Å². The summed E-state index contributed by atoms with van der Waals surface area (Å²) in [6.45, 7) is 6.74. The van der Waals surface area contributed by atoms with Gasteiger partial charge in [0.15, 0.2) is 5.78 Å². The van der Waals surface area contributed by atoms with Crippen LogP contribution in [-0.4, -0.2) is 16.5 Å². The first-order valence-electron chi connectivity index (χ1n) is 8.60. The average molecular weight is 286 g/mol. The number of ketones is 1. The fraction of sp³-hybridized carbons (Fsp3) is 0.737. The number of allylic oxidation sites excluding steroid dienone is 1. The molecule has 0 spiro atoms. The summed E-state index contributed by atoms with van der Waals surface area (Å²) in [4.78, 5) is 11.7. The summed E-state index contributed by atoms with van der Waals surface area (Å²) in [5, 5.41) is 11.3. The summed E-state index contributed by atoms with van der Waals surface area (Å²) in [7, 11) is 0. The van der Waals surface area contributed by atoms with Crippen LogP contribution in [0, 0.1) is 23.2 Å². The topological polar surface area (TPSA) is 37.3 Å². The molecule has 0 saturated heterocycles. The molecule has 2 nitrogen and oxygen atoms in total. The molecule has 4 aliphatic carbocycles. The molecule has 1 N–H and O–H groups in total. The molecular weight excluding hydrogens is 260 g/mol. The van der Waals surface area contributed by atoms with Crippen LogP contribution >= 0.6 is 0 Å². The van der Waals surface area contributed by atoms with Crippen molar-refractivity contribution in [2.75, 3.05) is 0 Å². The molecule has 0 amide bonds. The minimum Gasteiger partial charge on any atom is -0.385 e. The predicted octanol–water partition coefficient (Wildman–Crippen LogP) is 3.80. The Kier molecular flexibility index (Phi) is 2.83. The SMILES string of the molecule is C=C1CCC2C3CCC4=CC(=O)CC[C@]4(O)C3CC[C@]12C. The Morgan fingerprint density at radius 3 is 2.76 bits per heavy atom. The highest BCUT2D eigenvalue weighted by Crippen LogP contribution is 2.63. The van der Waals surface area contributed by atoms with Gasteiger partial charge in [-0.15, -0.1) is 0 Å². The van der Waals surface area contributed by atoms with Gasteiger partial charge in [-0.1, -0.05) is 19.1 Å². The van der Waals surface area contributed by atoms with Crippen LogP contribution in [0.3, 0.4) is 0 Å². The van der Waals surface area contributed by atoms with Crippen molar-refractivity contribution >= 4 is 5.78 Å². The molecule has 5 atom stereocenters. The molecule has 0 heterocycles. The maximum absolute atomic E-state index is 11.7. The number of carbonyl (C=O) groups excluding carboxylic acids is 1. The van der Waals surface area contributed by atoms with Gasteiger partial charge in [-0.3, -0.25) is 4.79 Å². The number of rotatable bonds is 0. The lowest BCUT2D eigenvalue weighted by molar-refractivity contribution is -0.123. The van der Waals surface area contributed by atoms with Crippen molar-refractivity contribution in [2.24, 2.45) is 23.2 Å².